The quantitative estimate of drug-likeness (QED) is 0.672. The minimum absolute atomic E-state index is 0.188. The molecular formula is C15H28N2O3. The molecule has 0 spiro atoms. The zero-order valence-electron chi connectivity index (χ0n) is 12.7. The van der Waals surface area contributed by atoms with Crippen molar-refractivity contribution in [1.82, 2.24) is 10.6 Å². The molecule has 0 heterocycles. The molecule has 1 saturated carbocycles. The van der Waals surface area contributed by atoms with Crippen LogP contribution in [0.15, 0.2) is 0 Å². The van der Waals surface area contributed by atoms with Crippen LogP contribution in [-0.2, 0) is 4.79 Å². The van der Waals surface area contributed by atoms with Crippen molar-refractivity contribution in [3.63, 3.8) is 0 Å². The number of nitrogens with one attached hydrogen (secondary N) is 2. The molecule has 0 aromatic rings. The molecule has 2 amide bonds. The van der Waals surface area contributed by atoms with Gasteiger partial charge in [0.1, 0.15) is 0 Å². The third-order valence-electron chi connectivity index (χ3n) is 4.26. The van der Waals surface area contributed by atoms with E-state index in [4.69, 9.17) is 5.11 Å². The molecule has 0 saturated heterocycles. The number of carbonyl (C=O) groups excluding carboxylic acids is 1. The standard InChI is InChI=1S/C15H28N2O3/c1-11-3-5-13(6-4-11)8-10-17-15(20)16-9-7-12(2)14(18)19/h11-13H,3-10H2,1-2H3,(H,18,19)(H2,16,17,20). The van der Waals surface area contributed by atoms with Crippen molar-refractivity contribution in [3.8, 4) is 0 Å². The molecule has 5 heteroatoms. The predicted octanol–water partition coefficient (Wildman–Crippen LogP) is 2.61. The van der Waals surface area contributed by atoms with Gasteiger partial charge in [0.2, 0.25) is 0 Å². The van der Waals surface area contributed by atoms with Crippen LogP contribution in [0.2, 0.25) is 0 Å². The van der Waals surface area contributed by atoms with Crippen LogP contribution in [0.4, 0.5) is 4.79 Å². The average Bonchev–Trinajstić information content (AvgIpc) is 2.40. The van der Waals surface area contributed by atoms with E-state index < -0.39 is 11.9 Å². The van der Waals surface area contributed by atoms with Gasteiger partial charge in [0.05, 0.1) is 5.92 Å². The molecule has 0 aromatic heterocycles. The number of amides is 2. The zero-order valence-corrected chi connectivity index (χ0v) is 12.7. The van der Waals surface area contributed by atoms with Crippen LogP contribution in [0.1, 0.15) is 52.4 Å². The second-order valence-corrected chi connectivity index (χ2v) is 6.13. The first-order valence-corrected chi connectivity index (χ1v) is 7.73. The summed E-state index contributed by atoms with van der Waals surface area (Å²) in [6, 6.07) is -0.188. The summed E-state index contributed by atoms with van der Waals surface area (Å²) in [5.74, 6) is 0.371. The first-order valence-electron chi connectivity index (χ1n) is 7.73. The molecule has 1 fully saturated rings. The van der Waals surface area contributed by atoms with Crippen LogP contribution >= 0.6 is 0 Å². The van der Waals surface area contributed by atoms with Gasteiger partial charge in [0, 0.05) is 13.1 Å². The lowest BCUT2D eigenvalue weighted by atomic mass is 9.81. The van der Waals surface area contributed by atoms with Crippen LogP contribution in [0, 0.1) is 17.8 Å². The Balaban J connectivity index is 2.01. The first-order chi connectivity index (χ1) is 9.49. The van der Waals surface area contributed by atoms with Gasteiger partial charge in [-0.3, -0.25) is 4.79 Å². The van der Waals surface area contributed by atoms with Gasteiger partial charge in [-0.15, -0.1) is 0 Å². The fraction of sp³-hybridized carbons (Fsp3) is 0.867. The van der Waals surface area contributed by atoms with Crippen LogP contribution in [-0.4, -0.2) is 30.2 Å². The first kappa shape index (κ1) is 16.8. The number of hydrogen-bond donors (Lipinski definition) is 3. The fourth-order valence-electron chi connectivity index (χ4n) is 2.60. The van der Waals surface area contributed by atoms with Gasteiger partial charge < -0.3 is 15.7 Å². The van der Waals surface area contributed by atoms with E-state index in [9.17, 15) is 9.59 Å². The Kier molecular flexibility index (Phi) is 7.41. The van der Waals surface area contributed by atoms with E-state index in [2.05, 4.69) is 17.6 Å². The summed E-state index contributed by atoms with van der Waals surface area (Å²) in [5, 5.41) is 14.3. The molecule has 0 radical (unpaired) electrons. The van der Waals surface area contributed by atoms with Gasteiger partial charge in [0.25, 0.3) is 0 Å². The Hall–Kier alpha value is -1.26. The summed E-state index contributed by atoms with van der Waals surface area (Å²) in [5.41, 5.74) is 0. The molecule has 3 N–H and O–H groups in total. The second-order valence-electron chi connectivity index (χ2n) is 6.13. The van der Waals surface area contributed by atoms with Crippen LogP contribution < -0.4 is 10.6 Å². The lowest BCUT2D eigenvalue weighted by Gasteiger charge is -2.26. The molecular weight excluding hydrogens is 256 g/mol. The van der Waals surface area contributed by atoms with Gasteiger partial charge in [-0.25, -0.2) is 4.79 Å². The maximum Gasteiger partial charge on any atom is 0.314 e. The van der Waals surface area contributed by atoms with Gasteiger partial charge >= 0.3 is 12.0 Å². The van der Waals surface area contributed by atoms with Crippen molar-refractivity contribution >= 4 is 12.0 Å². The number of carboxylic acids is 1. The van der Waals surface area contributed by atoms with Gasteiger partial charge in [-0.2, -0.15) is 0 Å². The molecule has 0 aliphatic heterocycles. The van der Waals surface area contributed by atoms with Crippen molar-refractivity contribution in [1.29, 1.82) is 0 Å². The molecule has 1 aliphatic carbocycles. The van der Waals surface area contributed by atoms with Crippen molar-refractivity contribution in [2.75, 3.05) is 13.1 Å². The fourth-order valence-corrected chi connectivity index (χ4v) is 2.60. The van der Waals surface area contributed by atoms with Crippen molar-refractivity contribution in [3.05, 3.63) is 0 Å². The predicted molar refractivity (Wildman–Crippen MR) is 78.6 cm³/mol. The number of hydrogen-bond acceptors (Lipinski definition) is 2. The van der Waals surface area contributed by atoms with Crippen molar-refractivity contribution in [2.45, 2.75) is 52.4 Å². The molecule has 116 valence electrons. The summed E-state index contributed by atoms with van der Waals surface area (Å²) in [6.45, 7) is 5.06. The summed E-state index contributed by atoms with van der Waals surface area (Å²) < 4.78 is 0. The summed E-state index contributed by atoms with van der Waals surface area (Å²) >= 11 is 0. The Morgan fingerprint density at radius 2 is 1.75 bits per heavy atom. The number of urea groups is 1. The summed E-state index contributed by atoms with van der Waals surface area (Å²) in [6.07, 6.45) is 6.68. The van der Waals surface area contributed by atoms with E-state index in [1.807, 2.05) is 0 Å². The molecule has 0 bridgehead atoms. The van der Waals surface area contributed by atoms with E-state index in [1.54, 1.807) is 6.92 Å². The minimum Gasteiger partial charge on any atom is -0.481 e. The van der Waals surface area contributed by atoms with Crippen molar-refractivity contribution < 1.29 is 14.7 Å². The highest BCUT2D eigenvalue weighted by Gasteiger charge is 2.17. The minimum atomic E-state index is -0.821. The average molecular weight is 284 g/mol. The molecule has 0 aromatic carbocycles. The Morgan fingerprint density at radius 3 is 2.35 bits per heavy atom. The highest BCUT2D eigenvalue weighted by molar-refractivity contribution is 5.74. The number of carboxylic acid groups (broad SMARTS) is 1. The SMILES string of the molecule is CC1CCC(CCNC(=O)NCCC(C)C(=O)O)CC1. The maximum atomic E-state index is 11.5. The van der Waals surface area contributed by atoms with Crippen LogP contribution in [0.3, 0.4) is 0 Å². The Morgan fingerprint density at radius 1 is 1.15 bits per heavy atom. The lowest BCUT2D eigenvalue weighted by molar-refractivity contribution is -0.141. The summed E-state index contributed by atoms with van der Waals surface area (Å²) in [4.78, 5) is 22.1. The van der Waals surface area contributed by atoms with E-state index >= 15 is 0 Å². The zero-order chi connectivity index (χ0) is 15.0. The third-order valence-corrected chi connectivity index (χ3v) is 4.26. The van der Waals surface area contributed by atoms with E-state index in [1.165, 1.54) is 25.7 Å². The topological polar surface area (TPSA) is 78.4 Å². The number of aliphatic carboxylic acids is 1. The molecule has 20 heavy (non-hydrogen) atoms. The molecule has 1 aliphatic rings. The normalized spacial score (nSPS) is 23.9. The lowest BCUT2D eigenvalue weighted by Crippen LogP contribution is -2.37. The Bertz CT molecular complexity index is 312. The molecule has 1 rings (SSSR count). The number of carbonyl (C=O) groups is 2. The van der Waals surface area contributed by atoms with Crippen LogP contribution in [0.5, 0.6) is 0 Å². The third kappa shape index (κ3) is 6.78. The highest BCUT2D eigenvalue weighted by Crippen LogP contribution is 2.29. The van der Waals surface area contributed by atoms with E-state index in [0.717, 1.165) is 18.3 Å². The smallest absolute Gasteiger partial charge is 0.314 e. The monoisotopic (exact) mass is 284 g/mol. The molecule has 1 unspecified atom stereocenters. The largest absolute Gasteiger partial charge is 0.481 e. The second kappa shape index (κ2) is 8.82. The summed E-state index contributed by atoms with van der Waals surface area (Å²) in [7, 11) is 0. The maximum absolute atomic E-state index is 11.5. The van der Waals surface area contributed by atoms with Gasteiger partial charge in [-0.05, 0) is 24.7 Å². The van der Waals surface area contributed by atoms with Crippen LogP contribution in [0.25, 0.3) is 0 Å². The highest BCUT2D eigenvalue weighted by atomic mass is 16.4. The molecule has 1 atom stereocenters. The molecule has 5 nitrogen and oxygen atoms in total. The van der Waals surface area contributed by atoms with Gasteiger partial charge in [0.15, 0.2) is 0 Å². The van der Waals surface area contributed by atoms with E-state index in [0.29, 0.717) is 19.5 Å². The Labute approximate surface area is 121 Å². The van der Waals surface area contributed by atoms with Gasteiger partial charge in [-0.1, -0.05) is 39.5 Å². The number of rotatable bonds is 7. The van der Waals surface area contributed by atoms with Crippen molar-refractivity contribution in [2.24, 2.45) is 17.8 Å². The van der Waals surface area contributed by atoms with E-state index in [-0.39, 0.29) is 6.03 Å².